The van der Waals surface area contributed by atoms with Crippen LogP contribution in [0.2, 0.25) is 0 Å². The Kier molecular flexibility index (Phi) is 6.25. The molecule has 158 valence electrons. The lowest BCUT2D eigenvalue weighted by atomic mass is 9.72. The van der Waals surface area contributed by atoms with Gasteiger partial charge in [-0.3, -0.25) is 14.4 Å². The summed E-state index contributed by atoms with van der Waals surface area (Å²) in [6.07, 6.45) is 0. The molecule has 30 heavy (non-hydrogen) atoms. The van der Waals surface area contributed by atoms with E-state index in [0.717, 1.165) is 5.56 Å². The van der Waals surface area contributed by atoms with Gasteiger partial charge in [-0.25, -0.2) is 0 Å². The van der Waals surface area contributed by atoms with Crippen LogP contribution in [0.3, 0.4) is 0 Å². The average Bonchev–Trinajstić information content (AvgIpc) is 2.99. The zero-order valence-corrected chi connectivity index (χ0v) is 17.7. The van der Waals surface area contributed by atoms with Crippen molar-refractivity contribution in [2.45, 2.75) is 32.9 Å². The zero-order chi connectivity index (χ0) is 21.9. The normalized spacial score (nSPS) is 20.9. The molecule has 3 rings (SSSR count). The Morgan fingerprint density at radius 1 is 1.10 bits per heavy atom. The standard InChI is InChI=1S/C24H27NO5/c1-15(21(26)17-10-12-18(29-4)13-11-17)20-19(23(28)30-24(20,2)3)22(27)25-14-16-8-6-5-7-9-16/h5-13,15,19-20H,14H2,1-4H3,(H,25,27). The first-order chi connectivity index (χ1) is 14.2. The third-order valence-electron chi connectivity index (χ3n) is 5.70. The highest BCUT2D eigenvalue weighted by atomic mass is 16.6. The fraction of sp³-hybridized carbons (Fsp3) is 0.375. The Morgan fingerprint density at radius 3 is 2.33 bits per heavy atom. The summed E-state index contributed by atoms with van der Waals surface area (Å²) in [6.45, 7) is 5.55. The molecule has 3 atom stereocenters. The van der Waals surface area contributed by atoms with Crippen molar-refractivity contribution in [1.82, 2.24) is 5.32 Å². The molecule has 1 saturated heterocycles. The van der Waals surface area contributed by atoms with Gasteiger partial charge in [-0.2, -0.15) is 0 Å². The number of esters is 1. The number of ketones is 1. The SMILES string of the molecule is COc1ccc(C(=O)C(C)C2C(C(=O)NCc3ccccc3)C(=O)OC2(C)C)cc1. The maximum Gasteiger partial charge on any atom is 0.319 e. The Balaban J connectivity index is 1.80. The quantitative estimate of drug-likeness (QED) is 0.431. The summed E-state index contributed by atoms with van der Waals surface area (Å²) in [5.74, 6) is -2.73. The van der Waals surface area contributed by atoms with Crippen LogP contribution in [0.4, 0.5) is 0 Å². The summed E-state index contributed by atoms with van der Waals surface area (Å²) >= 11 is 0. The minimum Gasteiger partial charge on any atom is -0.497 e. The molecule has 1 aliphatic heterocycles. The first-order valence-corrected chi connectivity index (χ1v) is 9.97. The van der Waals surface area contributed by atoms with Crippen LogP contribution in [0.15, 0.2) is 54.6 Å². The number of hydrogen-bond acceptors (Lipinski definition) is 5. The molecule has 1 N–H and O–H groups in total. The predicted molar refractivity (Wildman–Crippen MR) is 112 cm³/mol. The molecule has 1 heterocycles. The van der Waals surface area contributed by atoms with Crippen molar-refractivity contribution in [1.29, 1.82) is 0 Å². The Hall–Kier alpha value is -3.15. The molecular formula is C24H27NO5. The van der Waals surface area contributed by atoms with Crippen LogP contribution in [-0.2, 0) is 20.9 Å². The van der Waals surface area contributed by atoms with Crippen molar-refractivity contribution in [2.75, 3.05) is 7.11 Å². The fourth-order valence-electron chi connectivity index (χ4n) is 4.18. The smallest absolute Gasteiger partial charge is 0.319 e. The number of benzene rings is 2. The van der Waals surface area contributed by atoms with Crippen molar-refractivity contribution in [3.63, 3.8) is 0 Å². The summed E-state index contributed by atoms with van der Waals surface area (Å²) in [6, 6.07) is 16.2. The van der Waals surface area contributed by atoms with Crippen LogP contribution < -0.4 is 10.1 Å². The highest BCUT2D eigenvalue weighted by Gasteiger charge is 2.56. The summed E-state index contributed by atoms with van der Waals surface area (Å²) in [4.78, 5) is 38.7. The predicted octanol–water partition coefficient (Wildman–Crippen LogP) is 3.40. The van der Waals surface area contributed by atoms with Gasteiger partial charge in [-0.1, -0.05) is 37.3 Å². The largest absolute Gasteiger partial charge is 0.497 e. The minimum absolute atomic E-state index is 0.144. The maximum absolute atomic E-state index is 13.1. The number of hydrogen-bond donors (Lipinski definition) is 1. The van der Waals surface area contributed by atoms with E-state index in [-0.39, 0.29) is 5.78 Å². The molecule has 6 heteroatoms. The van der Waals surface area contributed by atoms with Gasteiger partial charge < -0.3 is 14.8 Å². The molecule has 2 aromatic rings. The highest BCUT2D eigenvalue weighted by molar-refractivity contribution is 6.03. The van der Waals surface area contributed by atoms with Gasteiger partial charge in [0.25, 0.3) is 0 Å². The monoisotopic (exact) mass is 409 g/mol. The molecule has 0 aromatic heterocycles. The Bertz CT molecular complexity index is 920. The van der Waals surface area contributed by atoms with Gasteiger partial charge in [0.05, 0.1) is 7.11 Å². The van der Waals surface area contributed by atoms with Gasteiger partial charge in [0.1, 0.15) is 17.3 Å². The van der Waals surface area contributed by atoms with Crippen molar-refractivity contribution in [2.24, 2.45) is 17.8 Å². The van der Waals surface area contributed by atoms with Gasteiger partial charge in [0.2, 0.25) is 5.91 Å². The van der Waals surface area contributed by atoms with Crippen LogP contribution in [0, 0.1) is 17.8 Å². The van der Waals surface area contributed by atoms with E-state index in [2.05, 4.69) is 5.32 Å². The van der Waals surface area contributed by atoms with E-state index in [1.807, 2.05) is 30.3 Å². The van der Waals surface area contributed by atoms with E-state index < -0.39 is 35.2 Å². The lowest BCUT2D eigenvalue weighted by molar-refractivity contribution is -0.150. The second kappa shape index (κ2) is 8.69. The van der Waals surface area contributed by atoms with E-state index in [4.69, 9.17) is 9.47 Å². The summed E-state index contributed by atoms with van der Waals surface area (Å²) in [5, 5.41) is 2.82. The van der Waals surface area contributed by atoms with Crippen LogP contribution >= 0.6 is 0 Å². The van der Waals surface area contributed by atoms with Crippen LogP contribution in [0.1, 0.15) is 36.7 Å². The molecule has 1 aliphatic rings. The number of amides is 1. The number of Topliss-reactive ketones (excluding diaryl/α,β-unsaturated/α-hetero) is 1. The van der Waals surface area contributed by atoms with E-state index in [0.29, 0.717) is 17.9 Å². The Labute approximate surface area is 176 Å². The molecular weight excluding hydrogens is 382 g/mol. The molecule has 3 unspecified atom stereocenters. The fourth-order valence-corrected chi connectivity index (χ4v) is 4.18. The summed E-state index contributed by atoms with van der Waals surface area (Å²) in [7, 11) is 1.56. The molecule has 1 fully saturated rings. The molecule has 6 nitrogen and oxygen atoms in total. The highest BCUT2D eigenvalue weighted by Crippen LogP contribution is 2.43. The maximum atomic E-state index is 13.1. The van der Waals surface area contributed by atoms with E-state index in [1.165, 1.54) is 0 Å². The number of ether oxygens (including phenoxy) is 2. The van der Waals surface area contributed by atoms with Gasteiger partial charge in [-0.15, -0.1) is 0 Å². The number of carbonyl (C=O) groups is 3. The molecule has 2 aromatic carbocycles. The van der Waals surface area contributed by atoms with Crippen LogP contribution in [0.25, 0.3) is 0 Å². The van der Waals surface area contributed by atoms with Crippen molar-refractivity contribution in [3.8, 4) is 5.75 Å². The first-order valence-electron chi connectivity index (χ1n) is 9.97. The van der Waals surface area contributed by atoms with Gasteiger partial charge in [-0.05, 0) is 43.7 Å². The van der Waals surface area contributed by atoms with Gasteiger partial charge in [0, 0.05) is 23.9 Å². The minimum atomic E-state index is -1.04. The summed E-state index contributed by atoms with van der Waals surface area (Å²) in [5.41, 5.74) is 0.491. The average molecular weight is 409 g/mol. The lowest BCUT2D eigenvalue weighted by Crippen LogP contribution is -2.44. The zero-order valence-electron chi connectivity index (χ0n) is 17.7. The van der Waals surface area contributed by atoms with Gasteiger partial charge in [0.15, 0.2) is 5.78 Å². The number of cyclic esters (lactones) is 1. The van der Waals surface area contributed by atoms with Crippen molar-refractivity contribution in [3.05, 3.63) is 65.7 Å². The molecule has 0 radical (unpaired) electrons. The molecule has 1 amide bonds. The van der Waals surface area contributed by atoms with E-state index >= 15 is 0 Å². The second-order valence-corrected chi connectivity index (χ2v) is 8.11. The number of nitrogens with one attached hydrogen (secondary N) is 1. The number of carbonyl (C=O) groups excluding carboxylic acids is 3. The number of methoxy groups -OCH3 is 1. The number of rotatable bonds is 7. The third kappa shape index (κ3) is 4.37. The first kappa shape index (κ1) is 21.6. The van der Waals surface area contributed by atoms with Crippen molar-refractivity contribution >= 4 is 17.7 Å². The van der Waals surface area contributed by atoms with Gasteiger partial charge >= 0.3 is 5.97 Å². The topological polar surface area (TPSA) is 81.7 Å². The van der Waals surface area contributed by atoms with E-state index in [9.17, 15) is 14.4 Å². The Morgan fingerprint density at radius 2 is 1.73 bits per heavy atom. The second-order valence-electron chi connectivity index (χ2n) is 8.11. The van der Waals surface area contributed by atoms with Crippen LogP contribution in [-0.4, -0.2) is 30.4 Å². The van der Waals surface area contributed by atoms with E-state index in [1.54, 1.807) is 52.1 Å². The molecule has 0 aliphatic carbocycles. The van der Waals surface area contributed by atoms with Crippen LogP contribution in [0.5, 0.6) is 5.75 Å². The van der Waals surface area contributed by atoms with Crippen molar-refractivity contribution < 1.29 is 23.9 Å². The lowest BCUT2D eigenvalue weighted by Gasteiger charge is -2.31. The molecule has 0 saturated carbocycles. The molecule has 0 spiro atoms. The third-order valence-corrected chi connectivity index (χ3v) is 5.70. The molecule has 0 bridgehead atoms. The summed E-state index contributed by atoms with van der Waals surface area (Å²) < 4.78 is 10.7.